The second-order valence-electron chi connectivity index (χ2n) is 8.98. The molecular weight excluding hydrogens is 381 g/mol. The van der Waals surface area contributed by atoms with Gasteiger partial charge in [0, 0.05) is 0 Å². The molecule has 0 saturated carbocycles. The van der Waals surface area contributed by atoms with Crippen molar-refractivity contribution in [2.45, 2.75) is 43.8 Å². The normalized spacial score (nSPS) is 12.6. The van der Waals surface area contributed by atoms with Crippen LogP contribution < -0.4 is 9.58 Å². The maximum atomic E-state index is 4.62. The van der Waals surface area contributed by atoms with Crippen LogP contribution in [0.25, 0.3) is 22.2 Å². The van der Waals surface area contributed by atoms with E-state index in [2.05, 4.69) is 90.2 Å². The molecule has 130 valence electrons. The van der Waals surface area contributed by atoms with Gasteiger partial charge >= 0.3 is 155 Å². The fourth-order valence-electron chi connectivity index (χ4n) is 3.41. The van der Waals surface area contributed by atoms with E-state index >= 15 is 0 Å². The fraction of sp³-hybridized carbons (Fsp3) is 0.333. The van der Waals surface area contributed by atoms with Crippen LogP contribution >= 0.6 is 0 Å². The number of benzene rings is 2. The predicted molar refractivity (Wildman–Crippen MR) is 116 cm³/mol. The topological polar surface area (TPSA) is 25.8 Å². The molecule has 2 nitrogen and oxygen atoms in total. The molecule has 25 heavy (non-hydrogen) atoms. The molecule has 0 aliphatic carbocycles. The molecule has 0 radical (unpaired) electrons. The van der Waals surface area contributed by atoms with Crippen LogP contribution in [0.1, 0.15) is 5.56 Å². The van der Waals surface area contributed by atoms with E-state index < -0.39 is 21.3 Å². The molecule has 0 aliphatic rings. The average molecular weight is 409 g/mol. The standard InChI is InChI=1S/C21H28GeN2Si/c1-15-12-16(8-11-19(15)22(2,3)4)21-18-10-9-17(25(5,6)7)13-20(18)23-14-24-21/h8-14H,1-7H3. The molecule has 0 unspecified atom stereocenters. The van der Waals surface area contributed by atoms with Crippen molar-refractivity contribution < 1.29 is 0 Å². The quantitative estimate of drug-likeness (QED) is 0.587. The number of hydrogen-bond donors (Lipinski definition) is 0. The summed E-state index contributed by atoms with van der Waals surface area (Å²) in [5.41, 5.74) is 4.69. The summed E-state index contributed by atoms with van der Waals surface area (Å²) in [6.45, 7) is 9.35. The number of aromatic nitrogens is 2. The molecule has 0 atom stereocenters. The molecule has 0 amide bonds. The first-order chi connectivity index (χ1) is 11.6. The van der Waals surface area contributed by atoms with E-state index in [0.29, 0.717) is 0 Å². The third-order valence-corrected chi connectivity index (χ3v) is 11.4. The first-order valence-corrected chi connectivity index (χ1v) is 19.8. The van der Waals surface area contributed by atoms with Crippen molar-refractivity contribution in [3.05, 3.63) is 48.3 Å². The van der Waals surface area contributed by atoms with Gasteiger partial charge in [0.1, 0.15) is 0 Å². The van der Waals surface area contributed by atoms with Crippen LogP contribution in [-0.4, -0.2) is 31.3 Å². The molecule has 3 aromatic rings. The van der Waals surface area contributed by atoms with Gasteiger partial charge in [0.25, 0.3) is 0 Å². The summed E-state index contributed by atoms with van der Waals surface area (Å²) in [5, 5.41) is 2.59. The number of rotatable bonds is 3. The van der Waals surface area contributed by atoms with Gasteiger partial charge in [-0.25, -0.2) is 0 Å². The first-order valence-electron chi connectivity index (χ1n) is 8.94. The van der Waals surface area contributed by atoms with Crippen molar-refractivity contribution >= 4 is 41.8 Å². The number of hydrogen-bond acceptors (Lipinski definition) is 2. The van der Waals surface area contributed by atoms with Crippen LogP contribution in [0, 0.1) is 6.92 Å². The molecular formula is C21H28GeN2Si. The zero-order valence-electron chi connectivity index (χ0n) is 16.4. The first kappa shape index (κ1) is 18.3. The van der Waals surface area contributed by atoms with Crippen LogP contribution in [0.2, 0.25) is 36.9 Å². The Morgan fingerprint density at radius 2 is 1.60 bits per heavy atom. The molecule has 1 heterocycles. The Morgan fingerprint density at radius 3 is 2.20 bits per heavy atom. The Kier molecular flexibility index (Phi) is 4.67. The summed E-state index contributed by atoms with van der Waals surface area (Å²) >= 11 is -1.83. The molecule has 4 heteroatoms. The summed E-state index contributed by atoms with van der Waals surface area (Å²) in [6, 6.07) is 13.6. The van der Waals surface area contributed by atoms with Crippen molar-refractivity contribution in [3.63, 3.8) is 0 Å². The van der Waals surface area contributed by atoms with Crippen LogP contribution in [0.5, 0.6) is 0 Å². The SMILES string of the molecule is Cc1cc(-c2ncnc3cc([Si](C)(C)C)ccc23)cc[c]1[Ge]([CH3])([CH3])[CH3]. The summed E-state index contributed by atoms with van der Waals surface area (Å²) in [5.74, 6) is 7.33. The van der Waals surface area contributed by atoms with Crippen molar-refractivity contribution in [3.8, 4) is 11.3 Å². The van der Waals surface area contributed by atoms with Crippen molar-refractivity contribution in [1.29, 1.82) is 0 Å². The zero-order chi connectivity index (χ0) is 18.4. The van der Waals surface area contributed by atoms with E-state index in [4.69, 9.17) is 0 Å². The summed E-state index contributed by atoms with van der Waals surface area (Å²) < 4.78 is 1.57. The van der Waals surface area contributed by atoms with E-state index in [0.717, 1.165) is 16.6 Å². The third-order valence-electron chi connectivity index (χ3n) is 4.81. The summed E-state index contributed by atoms with van der Waals surface area (Å²) in [7, 11) is -1.34. The number of aryl methyl sites for hydroxylation is 1. The number of fused-ring (bicyclic) bond motifs is 1. The van der Waals surface area contributed by atoms with Crippen molar-refractivity contribution in [1.82, 2.24) is 9.97 Å². The second-order valence-corrected chi connectivity index (χ2v) is 24.6. The predicted octanol–water partition coefficient (Wildman–Crippen LogP) is 4.70. The third kappa shape index (κ3) is 3.72. The summed E-state index contributed by atoms with van der Waals surface area (Å²) in [4.78, 5) is 9.16. The van der Waals surface area contributed by atoms with E-state index in [-0.39, 0.29) is 0 Å². The molecule has 2 aromatic carbocycles. The van der Waals surface area contributed by atoms with Gasteiger partial charge in [-0.1, -0.05) is 0 Å². The maximum absolute atomic E-state index is 4.62. The Hall–Kier alpha value is -1.46. The Labute approximate surface area is 155 Å². The van der Waals surface area contributed by atoms with E-state index in [1.54, 1.807) is 10.7 Å². The summed E-state index contributed by atoms with van der Waals surface area (Å²) in [6.07, 6.45) is 1.70. The van der Waals surface area contributed by atoms with Gasteiger partial charge in [-0.2, -0.15) is 0 Å². The molecule has 0 bridgehead atoms. The van der Waals surface area contributed by atoms with Crippen LogP contribution in [0.3, 0.4) is 0 Å². The van der Waals surface area contributed by atoms with Gasteiger partial charge in [-0.05, 0) is 0 Å². The van der Waals surface area contributed by atoms with Gasteiger partial charge in [0.15, 0.2) is 0 Å². The Morgan fingerprint density at radius 1 is 0.880 bits per heavy atom. The fourth-order valence-corrected chi connectivity index (χ4v) is 8.42. The Bertz CT molecular complexity index is 937. The molecule has 0 fully saturated rings. The molecule has 1 aromatic heterocycles. The molecule has 0 saturated heterocycles. The monoisotopic (exact) mass is 410 g/mol. The van der Waals surface area contributed by atoms with Crippen LogP contribution in [-0.2, 0) is 0 Å². The number of nitrogens with zero attached hydrogens (tertiary/aromatic N) is 2. The van der Waals surface area contributed by atoms with Gasteiger partial charge in [-0.15, -0.1) is 0 Å². The minimum atomic E-state index is -1.83. The van der Waals surface area contributed by atoms with E-state index in [1.165, 1.54) is 16.3 Å². The van der Waals surface area contributed by atoms with Crippen LogP contribution in [0.4, 0.5) is 0 Å². The molecule has 0 N–H and O–H groups in total. The molecule has 3 rings (SSSR count). The van der Waals surface area contributed by atoms with Gasteiger partial charge < -0.3 is 0 Å². The van der Waals surface area contributed by atoms with E-state index in [9.17, 15) is 0 Å². The molecule has 0 spiro atoms. The van der Waals surface area contributed by atoms with Gasteiger partial charge in [0.2, 0.25) is 0 Å². The second kappa shape index (κ2) is 6.36. The average Bonchev–Trinajstić information content (AvgIpc) is 2.51. The van der Waals surface area contributed by atoms with Gasteiger partial charge in [-0.3, -0.25) is 0 Å². The van der Waals surface area contributed by atoms with Crippen molar-refractivity contribution in [2.24, 2.45) is 0 Å². The van der Waals surface area contributed by atoms with E-state index in [1.807, 2.05) is 0 Å². The molecule has 0 aliphatic heterocycles. The Balaban J connectivity index is 2.15. The minimum absolute atomic E-state index is 1.04. The van der Waals surface area contributed by atoms with Crippen LogP contribution in [0.15, 0.2) is 42.7 Å². The zero-order valence-corrected chi connectivity index (χ0v) is 19.5. The van der Waals surface area contributed by atoms with Gasteiger partial charge in [0.05, 0.1) is 0 Å². The van der Waals surface area contributed by atoms with Crippen molar-refractivity contribution in [2.75, 3.05) is 0 Å².